The molecule has 0 bridgehead atoms. The van der Waals surface area contributed by atoms with Crippen LogP contribution < -0.4 is 0 Å². The van der Waals surface area contributed by atoms with Crippen LogP contribution >= 0.6 is 0 Å². The molecule has 0 aromatic heterocycles. The molecule has 0 radical (unpaired) electrons. The summed E-state index contributed by atoms with van der Waals surface area (Å²) in [4.78, 5) is 15.4. The largest absolute Gasteiger partial charge is 0.480 e. The maximum Gasteiger partial charge on any atom is 0.317 e. The van der Waals surface area contributed by atoms with Crippen LogP contribution in [0.5, 0.6) is 0 Å². The third-order valence-corrected chi connectivity index (χ3v) is 3.99. The van der Waals surface area contributed by atoms with Crippen LogP contribution in [-0.4, -0.2) is 58.1 Å². The first-order valence-corrected chi connectivity index (χ1v) is 6.05. The molecule has 0 aromatic rings. The van der Waals surface area contributed by atoms with Crippen molar-refractivity contribution < 1.29 is 9.90 Å². The van der Waals surface area contributed by atoms with Gasteiger partial charge in [0.05, 0.1) is 6.54 Å². The molecule has 2 aliphatic rings. The quantitative estimate of drug-likeness (QED) is 0.763. The zero-order chi connectivity index (χ0) is 12.0. The van der Waals surface area contributed by atoms with E-state index in [1.54, 1.807) is 0 Å². The van der Waals surface area contributed by atoms with Gasteiger partial charge in [0.1, 0.15) is 0 Å². The van der Waals surface area contributed by atoms with Crippen LogP contribution in [0.2, 0.25) is 0 Å². The third kappa shape index (κ3) is 1.96. The van der Waals surface area contributed by atoms with Gasteiger partial charge in [-0.05, 0) is 40.2 Å². The summed E-state index contributed by atoms with van der Waals surface area (Å²) in [5.41, 5.74) is 0.383. The Hall–Kier alpha value is -0.610. The summed E-state index contributed by atoms with van der Waals surface area (Å²) < 4.78 is 0. The van der Waals surface area contributed by atoms with Gasteiger partial charge in [-0.2, -0.15) is 0 Å². The van der Waals surface area contributed by atoms with Crippen LogP contribution in [0.15, 0.2) is 0 Å². The lowest BCUT2D eigenvalue weighted by atomic mass is 9.83. The van der Waals surface area contributed by atoms with Crippen molar-refractivity contribution in [2.24, 2.45) is 0 Å². The molecule has 2 aliphatic heterocycles. The second kappa shape index (κ2) is 3.70. The number of hydrogen-bond acceptors (Lipinski definition) is 3. The van der Waals surface area contributed by atoms with E-state index in [-0.39, 0.29) is 17.6 Å². The number of likely N-dealkylation sites (tertiary alicyclic amines) is 2. The molecule has 1 N–H and O–H groups in total. The summed E-state index contributed by atoms with van der Waals surface area (Å²) in [6.07, 6.45) is 2.30. The van der Waals surface area contributed by atoms with E-state index >= 15 is 0 Å². The second-order valence-electron chi connectivity index (χ2n) is 6.17. The van der Waals surface area contributed by atoms with Crippen LogP contribution in [0.4, 0.5) is 0 Å². The summed E-state index contributed by atoms with van der Waals surface area (Å²) in [5.74, 6) is -0.699. The number of nitrogens with zero attached hydrogens (tertiary/aromatic N) is 2. The van der Waals surface area contributed by atoms with Crippen LogP contribution in [0, 0.1) is 0 Å². The van der Waals surface area contributed by atoms with E-state index in [0.29, 0.717) is 0 Å². The van der Waals surface area contributed by atoms with Crippen molar-refractivity contribution in [3.8, 4) is 0 Å². The zero-order valence-corrected chi connectivity index (χ0v) is 10.5. The first-order chi connectivity index (χ1) is 7.33. The van der Waals surface area contributed by atoms with Gasteiger partial charge in [-0.1, -0.05) is 0 Å². The topological polar surface area (TPSA) is 43.8 Å². The molecule has 1 spiro atoms. The van der Waals surface area contributed by atoms with Gasteiger partial charge in [0.25, 0.3) is 0 Å². The molecule has 92 valence electrons. The fraction of sp³-hybridized carbons (Fsp3) is 0.917. The molecule has 0 atom stereocenters. The van der Waals surface area contributed by atoms with Gasteiger partial charge in [-0.25, -0.2) is 0 Å². The van der Waals surface area contributed by atoms with E-state index in [0.717, 1.165) is 32.5 Å². The lowest BCUT2D eigenvalue weighted by molar-refractivity contribution is -0.143. The Morgan fingerprint density at radius 1 is 1.38 bits per heavy atom. The molecule has 16 heavy (non-hydrogen) atoms. The van der Waals surface area contributed by atoms with Crippen LogP contribution in [-0.2, 0) is 4.79 Å². The number of rotatable bonds is 2. The standard InChI is InChI=1S/C12H22N2O2/c1-11(2,3)14-8-12(9-14)5-4-6-13(12)7-10(15)16/h4-9H2,1-3H3,(H,15,16). The highest BCUT2D eigenvalue weighted by Gasteiger charge is 2.52. The molecule has 0 saturated carbocycles. The highest BCUT2D eigenvalue weighted by Crippen LogP contribution is 2.40. The Morgan fingerprint density at radius 2 is 2.00 bits per heavy atom. The Bertz CT molecular complexity index is 290. The minimum Gasteiger partial charge on any atom is -0.480 e. The minimum atomic E-state index is -0.699. The van der Waals surface area contributed by atoms with Crippen molar-refractivity contribution >= 4 is 5.97 Å². The van der Waals surface area contributed by atoms with E-state index < -0.39 is 5.97 Å². The minimum absolute atomic E-state index is 0.172. The maximum atomic E-state index is 10.8. The SMILES string of the molecule is CC(C)(C)N1CC2(CCCN2CC(=O)O)C1. The van der Waals surface area contributed by atoms with Crippen LogP contribution in [0.3, 0.4) is 0 Å². The summed E-state index contributed by atoms with van der Waals surface area (Å²) in [6, 6.07) is 0. The molecule has 2 fully saturated rings. The predicted molar refractivity (Wildman–Crippen MR) is 62.5 cm³/mol. The lowest BCUT2D eigenvalue weighted by Crippen LogP contribution is -2.71. The molecule has 4 nitrogen and oxygen atoms in total. The van der Waals surface area contributed by atoms with Gasteiger partial charge in [-0.3, -0.25) is 14.6 Å². The van der Waals surface area contributed by atoms with Gasteiger partial charge in [-0.15, -0.1) is 0 Å². The fourth-order valence-electron chi connectivity index (χ4n) is 2.90. The van der Waals surface area contributed by atoms with Gasteiger partial charge in [0, 0.05) is 24.2 Å². The lowest BCUT2D eigenvalue weighted by Gasteiger charge is -2.57. The van der Waals surface area contributed by atoms with E-state index in [2.05, 4.69) is 30.6 Å². The average molecular weight is 226 g/mol. The Morgan fingerprint density at radius 3 is 2.50 bits per heavy atom. The van der Waals surface area contributed by atoms with Gasteiger partial charge < -0.3 is 5.11 Å². The molecular weight excluding hydrogens is 204 g/mol. The monoisotopic (exact) mass is 226 g/mol. The summed E-state index contributed by atoms with van der Waals surface area (Å²) in [5, 5.41) is 8.90. The van der Waals surface area contributed by atoms with Crippen molar-refractivity contribution in [1.82, 2.24) is 9.80 Å². The number of carboxylic acid groups (broad SMARTS) is 1. The number of carbonyl (C=O) groups is 1. The molecular formula is C12H22N2O2. The van der Waals surface area contributed by atoms with E-state index in [4.69, 9.17) is 5.11 Å². The summed E-state index contributed by atoms with van der Waals surface area (Å²) in [7, 11) is 0. The Balaban J connectivity index is 1.98. The molecule has 2 saturated heterocycles. The van der Waals surface area contributed by atoms with Gasteiger partial charge in [0.15, 0.2) is 0 Å². The van der Waals surface area contributed by atoms with E-state index in [1.807, 2.05) is 0 Å². The van der Waals surface area contributed by atoms with Crippen LogP contribution in [0.25, 0.3) is 0 Å². The maximum absolute atomic E-state index is 10.8. The van der Waals surface area contributed by atoms with Crippen molar-refractivity contribution in [3.05, 3.63) is 0 Å². The zero-order valence-electron chi connectivity index (χ0n) is 10.5. The highest BCUT2D eigenvalue weighted by atomic mass is 16.4. The first-order valence-electron chi connectivity index (χ1n) is 6.05. The van der Waals surface area contributed by atoms with Crippen LogP contribution in [0.1, 0.15) is 33.6 Å². The fourth-order valence-corrected chi connectivity index (χ4v) is 2.90. The van der Waals surface area contributed by atoms with Crippen molar-refractivity contribution in [2.75, 3.05) is 26.2 Å². The smallest absolute Gasteiger partial charge is 0.317 e. The first kappa shape index (κ1) is 11.9. The van der Waals surface area contributed by atoms with E-state index in [9.17, 15) is 4.79 Å². The van der Waals surface area contributed by atoms with Crippen molar-refractivity contribution in [3.63, 3.8) is 0 Å². The molecule has 0 amide bonds. The van der Waals surface area contributed by atoms with Crippen molar-refractivity contribution in [2.45, 2.75) is 44.7 Å². The highest BCUT2D eigenvalue weighted by molar-refractivity contribution is 5.69. The number of hydrogen-bond donors (Lipinski definition) is 1. The number of carboxylic acids is 1. The average Bonchev–Trinajstić information content (AvgIpc) is 2.41. The normalized spacial score (nSPS) is 25.9. The number of aliphatic carboxylic acids is 1. The molecule has 0 aromatic carbocycles. The Labute approximate surface area is 97.2 Å². The molecule has 2 rings (SSSR count). The second-order valence-corrected chi connectivity index (χ2v) is 6.17. The predicted octanol–water partition coefficient (Wildman–Crippen LogP) is 1.02. The third-order valence-electron chi connectivity index (χ3n) is 3.99. The summed E-state index contributed by atoms with van der Waals surface area (Å²) in [6.45, 7) is 9.87. The Kier molecular flexibility index (Phi) is 2.75. The molecule has 2 heterocycles. The molecule has 4 heteroatoms. The van der Waals surface area contributed by atoms with E-state index in [1.165, 1.54) is 0 Å². The van der Waals surface area contributed by atoms with Crippen molar-refractivity contribution in [1.29, 1.82) is 0 Å². The molecule has 0 unspecified atom stereocenters. The molecule has 0 aliphatic carbocycles. The van der Waals surface area contributed by atoms with Gasteiger partial charge in [0.2, 0.25) is 0 Å². The summed E-state index contributed by atoms with van der Waals surface area (Å²) >= 11 is 0. The van der Waals surface area contributed by atoms with Gasteiger partial charge >= 0.3 is 5.97 Å².